The van der Waals surface area contributed by atoms with Gasteiger partial charge in [0, 0.05) is 6.54 Å². The van der Waals surface area contributed by atoms with Gasteiger partial charge in [-0.1, -0.05) is 6.92 Å². The molecule has 1 fully saturated rings. The Balaban J connectivity index is 2.62. The van der Waals surface area contributed by atoms with Gasteiger partial charge in [-0.15, -0.1) is 0 Å². The van der Waals surface area contributed by atoms with E-state index in [-0.39, 0.29) is 11.9 Å². The maximum atomic E-state index is 11.8. The average Bonchev–Trinajstić information content (AvgIpc) is 2.20. The number of nitrogens with zero attached hydrogens (tertiary/aromatic N) is 2. The van der Waals surface area contributed by atoms with Crippen molar-refractivity contribution < 1.29 is 9.53 Å². The minimum Gasteiger partial charge on any atom is -0.377 e. The molecule has 1 heterocycles. The molecular formula is C10H16N2O2. The van der Waals surface area contributed by atoms with Gasteiger partial charge in [-0.2, -0.15) is 5.26 Å². The highest BCUT2D eigenvalue weighted by atomic mass is 16.5. The molecule has 14 heavy (non-hydrogen) atoms. The lowest BCUT2D eigenvalue weighted by atomic mass is 10.1. The van der Waals surface area contributed by atoms with Gasteiger partial charge in [0.05, 0.1) is 25.3 Å². The van der Waals surface area contributed by atoms with Gasteiger partial charge < -0.3 is 9.64 Å². The number of hydrogen-bond acceptors (Lipinski definition) is 3. The Labute approximate surface area is 84.4 Å². The lowest BCUT2D eigenvalue weighted by Crippen LogP contribution is -2.49. The van der Waals surface area contributed by atoms with E-state index >= 15 is 0 Å². The summed E-state index contributed by atoms with van der Waals surface area (Å²) in [5.74, 6) is -0.540. The SMILES string of the molecule is CCC(C#N)C(=O)N1CCOC[C@H]1C. The molecule has 1 saturated heterocycles. The first-order valence-electron chi connectivity index (χ1n) is 4.98. The van der Waals surface area contributed by atoms with Crippen molar-refractivity contribution in [3.63, 3.8) is 0 Å². The number of carbonyl (C=O) groups is 1. The van der Waals surface area contributed by atoms with Crippen molar-refractivity contribution in [3.8, 4) is 6.07 Å². The van der Waals surface area contributed by atoms with Crippen molar-refractivity contribution in [3.05, 3.63) is 0 Å². The van der Waals surface area contributed by atoms with Crippen LogP contribution in [0.4, 0.5) is 0 Å². The van der Waals surface area contributed by atoms with Gasteiger partial charge in [-0.25, -0.2) is 0 Å². The van der Waals surface area contributed by atoms with Crippen molar-refractivity contribution in [2.24, 2.45) is 5.92 Å². The van der Waals surface area contributed by atoms with Crippen LogP contribution in [0.2, 0.25) is 0 Å². The number of carbonyl (C=O) groups excluding carboxylic acids is 1. The lowest BCUT2D eigenvalue weighted by Gasteiger charge is -2.34. The van der Waals surface area contributed by atoms with Crippen molar-refractivity contribution in [1.82, 2.24) is 4.90 Å². The van der Waals surface area contributed by atoms with Crippen LogP contribution in [0, 0.1) is 17.2 Å². The Bertz CT molecular complexity index is 247. The number of hydrogen-bond donors (Lipinski definition) is 0. The molecule has 0 bridgehead atoms. The standard InChI is InChI=1S/C10H16N2O2/c1-3-9(6-11)10(13)12-4-5-14-7-8(12)2/h8-9H,3-5,7H2,1-2H3/t8-,9?/m1/s1. The fraction of sp³-hybridized carbons (Fsp3) is 0.800. The van der Waals surface area contributed by atoms with Crippen molar-refractivity contribution in [2.45, 2.75) is 26.3 Å². The van der Waals surface area contributed by atoms with Crippen LogP contribution in [0.5, 0.6) is 0 Å². The Morgan fingerprint density at radius 2 is 2.50 bits per heavy atom. The van der Waals surface area contributed by atoms with Gasteiger partial charge in [0.15, 0.2) is 0 Å². The smallest absolute Gasteiger partial charge is 0.240 e. The lowest BCUT2D eigenvalue weighted by molar-refractivity contribution is -0.141. The minimum absolute atomic E-state index is 0.0502. The second-order valence-electron chi connectivity index (χ2n) is 3.55. The fourth-order valence-electron chi connectivity index (χ4n) is 1.58. The number of amides is 1. The molecule has 1 amide bonds. The maximum absolute atomic E-state index is 11.8. The number of ether oxygens (including phenoxy) is 1. The molecule has 1 aliphatic heterocycles. The first-order valence-corrected chi connectivity index (χ1v) is 4.98. The first kappa shape index (κ1) is 11.0. The summed E-state index contributed by atoms with van der Waals surface area (Å²) in [5, 5.41) is 8.78. The van der Waals surface area contributed by atoms with Crippen LogP contribution in [-0.4, -0.2) is 36.6 Å². The van der Waals surface area contributed by atoms with E-state index in [0.717, 1.165) is 0 Å². The van der Waals surface area contributed by atoms with E-state index < -0.39 is 5.92 Å². The second-order valence-corrected chi connectivity index (χ2v) is 3.55. The third-order valence-electron chi connectivity index (χ3n) is 2.51. The summed E-state index contributed by atoms with van der Waals surface area (Å²) < 4.78 is 5.23. The van der Waals surface area contributed by atoms with Gasteiger partial charge >= 0.3 is 0 Å². The summed E-state index contributed by atoms with van der Waals surface area (Å²) in [4.78, 5) is 13.6. The van der Waals surface area contributed by atoms with E-state index in [9.17, 15) is 4.79 Å². The number of nitriles is 1. The summed E-state index contributed by atoms with van der Waals surface area (Å²) in [6, 6.07) is 2.13. The molecule has 0 aromatic rings. The van der Waals surface area contributed by atoms with Crippen LogP contribution in [0.25, 0.3) is 0 Å². The Kier molecular flexibility index (Phi) is 3.90. The van der Waals surface area contributed by atoms with Gasteiger partial charge in [0.2, 0.25) is 5.91 Å². The second kappa shape index (κ2) is 4.97. The number of morpholine rings is 1. The van der Waals surface area contributed by atoms with Crippen LogP contribution in [0.15, 0.2) is 0 Å². The van der Waals surface area contributed by atoms with E-state index in [1.165, 1.54) is 0 Å². The molecule has 0 aliphatic carbocycles. The quantitative estimate of drug-likeness (QED) is 0.656. The summed E-state index contributed by atoms with van der Waals surface area (Å²) in [5.41, 5.74) is 0. The Morgan fingerprint density at radius 3 is 3.00 bits per heavy atom. The molecule has 0 radical (unpaired) electrons. The highest BCUT2D eigenvalue weighted by molar-refractivity contribution is 5.81. The molecule has 0 N–H and O–H groups in total. The summed E-state index contributed by atoms with van der Waals surface area (Å²) in [7, 11) is 0. The molecule has 78 valence electrons. The third kappa shape index (κ3) is 2.24. The normalized spacial score (nSPS) is 24.1. The average molecular weight is 196 g/mol. The molecule has 4 nitrogen and oxygen atoms in total. The van der Waals surface area contributed by atoms with Crippen molar-refractivity contribution in [2.75, 3.05) is 19.8 Å². The first-order chi connectivity index (χ1) is 6.70. The van der Waals surface area contributed by atoms with E-state index in [1.54, 1.807) is 4.90 Å². The molecule has 0 aromatic heterocycles. The zero-order chi connectivity index (χ0) is 10.6. The zero-order valence-corrected chi connectivity index (χ0v) is 8.69. The van der Waals surface area contributed by atoms with E-state index in [1.807, 2.05) is 19.9 Å². The van der Waals surface area contributed by atoms with E-state index in [0.29, 0.717) is 26.2 Å². The topological polar surface area (TPSA) is 53.3 Å². The monoisotopic (exact) mass is 196 g/mol. The van der Waals surface area contributed by atoms with Crippen LogP contribution in [0.3, 0.4) is 0 Å². The molecular weight excluding hydrogens is 180 g/mol. The molecule has 4 heteroatoms. The Morgan fingerprint density at radius 1 is 1.79 bits per heavy atom. The molecule has 2 atom stereocenters. The number of rotatable bonds is 2. The minimum atomic E-state index is -0.490. The van der Waals surface area contributed by atoms with Crippen LogP contribution in [0.1, 0.15) is 20.3 Å². The molecule has 0 aromatic carbocycles. The highest BCUT2D eigenvalue weighted by Crippen LogP contribution is 2.13. The molecule has 1 aliphatic rings. The van der Waals surface area contributed by atoms with Gasteiger partial charge in [0.1, 0.15) is 5.92 Å². The van der Waals surface area contributed by atoms with Gasteiger partial charge in [-0.3, -0.25) is 4.79 Å². The van der Waals surface area contributed by atoms with E-state index in [2.05, 4.69) is 0 Å². The predicted molar refractivity (Wildman–Crippen MR) is 51.4 cm³/mol. The van der Waals surface area contributed by atoms with Crippen LogP contribution < -0.4 is 0 Å². The van der Waals surface area contributed by atoms with Gasteiger partial charge in [-0.05, 0) is 13.3 Å². The van der Waals surface area contributed by atoms with Crippen LogP contribution >= 0.6 is 0 Å². The highest BCUT2D eigenvalue weighted by Gasteiger charge is 2.28. The fourth-order valence-corrected chi connectivity index (χ4v) is 1.58. The maximum Gasteiger partial charge on any atom is 0.240 e. The van der Waals surface area contributed by atoms with Crippen LogP contribution in [-0.2, 0) is 9.53 Å². The molecule has 0 saturated carbocycles. The molecule has 0 spiro atoms. The van der Waals surface area contributed by atoms with Crippen molar-refractivity contribution >= 4 is 5.91 Å². The summed E-state index contributed by atoms with van der Waals surface area (Å²) >= 11 is 0. The van der Waals surface area contributed by atoms with E-state index in [4.69, 9.17) is 10.00 Å². The third-order valence-corrected chi connectivity index (χ3v) is 2.51. The van der Waals surface area contributed by atoms with Crippen molar-refractivity contribution in [1.29, 1.82) is 5.26 Å². The van der Waals surface area contributed by atoms with Gasteiger partial charge in [0.25, 0.3) is 0 Å². The zero-order valence-electron chi connectivity index (χ0n) is 8.69. The Hall–Kier alpha value is -1.08. The summed E-state index contributed by atoms with van der Waals surface area (Å²) in [6.45, 7) is 5.57. The summed E-state index contributed by atoms with van der Waals surface area (Å²) in [6.07, 6.45) is 0.583. The largest absolute Gasteiger partial charge is 0.377 e. The predicted octanol–water partition coefficient (Wildman–Crippen LogP) is 0.783. The molecule has 1 unspecified atom stereocenters. The molecule has 1 rings (SSSR count).